The first-order chi connectivity index (χ1) is 10.0. The fourth-order valence-electron chi connectivity index (χ4n) is 1.71. The van der Waals surface area contributed by atoms with Crippen molar-refractivity contribution in [3.05, 3.63) is 28.8 Å². The van der Waals surface area contributed by atoms with Crippen LogP contribution in [-0.4, -0.2) is 30.6 Å². The Balaban J connectivity index is 2.14. The number of nitrogens with one attached hydrogen (secondary N) is 2. The topological polar surface area (TPSA) is 96.9 Å². The van der Waals surface area contributed by atoms with Crippen molar-refractivity contribution in [3.8, 4) is 0 Å². The molecule has 2 rings (SSSR count). The fourth-order valence-corrected chi connectivity index (χ4v) is 1.91. The standard InChI is InChI=1S/C13H12ClN3O4/c1-21-13(20)8-6-7(2-3-9(8)14)15-12(19)10-4-5-11(18)17-16-10/h2-3,6H,4-5H2,1H3,(H,15,19)(H,17,18). The van der Waals surface area contributed by atoms with Crippen LogP contribution in [0.3, 0.4) is 0 Å². The fraction of sp³-hybridized carbons (Fsp3) is 0.231. The van der Waals surface area contributed by atoms with E-state index in [0.717, 1.165) is 0 Å². The van der Waals surface area contributed by atoms with Crippen LogP contribution in [0.25, 0.3) is 0 Å². The Bertz CT molecular complexity index is 642. The summed E-state index contributed by atoms with van der Waals surface area (Å²) in [6.07, 6.45) is 0.468. The molecule has 1 aromatic carbocycles. The lowest BCUT2D eigenvalue weighted by Crippen LogP contribution is -2.32. The SMILES string of the molecule is COC(=O)c1cc(NC(=O)C2=NNC(=O)CC2)ccc1Cl. The third-order valence-electron chi connectivity index (χ3n) is 2.80. The van der Waals surface area contributed by atoms with Gasteiger partial charge < -0.3 is 10.1 Å². The van der Waals surface area contributed by atoms with Crippen molar-refractivity contribution in [1.29, 1.82) is 0 Å². The minimum atomic E-state index is -0.599. The van der Waals surface area contributed by atoms with E-state index in [9.17, 15) is 14.4 Å². The largest absolute Gasteiger partial charge is 0.465 e. The maximum Gasteiger partial charge on any atom is 0.339 e. The summed E-state index contributed by atoms with van der Waals surface area (Å²) in [5, 5.41) is 6.49. The van der Waals surface area contributed by atoms with Gasteiger partial charge in [-0.1, -0.05) is 11.6 Å². The number of esters is 1. The average Bonchev–Trinajstić information content (AvgIpc) is 2.49. The van der Waals surface area contributed by atoms with E-state index < -0.39 is 11.9 Å². The zero-order chi connectivity index (χ0) is 15.4. The summed E-state index contributed by atoms with van der Waals surface area (Å²) in [5.41, 5.74) is 2.98. The molecule has 0 aliphatic carbocycles. The predicted octanol–water partition coefficient (Wildman–Crippen LogP) is 1.33. The molecule has 0 aromatic heterocycles. The normalized spacial score (nSPS) is 14.0. The molecule has 2 amide bonds. The number of halogens is 1. The monoisotopic (exact) mass is 309 g/mol. The highest BCUT2D eigenvalue weighted by Crippen LogP contribution is 2.21. The first-order valence-electron chi connectivity index (χ1n) is 6.06. The minimum absolute atomic E-state index is 0.149. The molecule has 0 bridgehead atoms. The van der Waals surface area contributed by atoms with Crippen LogP contribution in [0.5, 0.6) is 0 Å². The highest BCUT2D eigenvalue weighted by Gasteiger charge is 2.19. The van der Waals surface area contributed by atoms with Crippen LogP contribution in [0, 0.1) is 0 Å². The van der Waals surface area contributed by atoms with Crippen molar-refractivity contribution in [1.82, 2.24) is 5.43 Å². The quantitative estimate of drug-likeness (QED) is 0.823. The second kappa shape index (κ2) is 6.36. The van der Waals surface area contributed by atoms with E-state index >= 15 is 0 Å². The molecule has 0 radical (unpaired) electrons. The van der Waals surface area contributed by atoms with E-state index in [-0.39, 0.29) is 35.0 Å². The van der Waals surface area contributed by atoms with Crippen molar-refractivity contribution < 1.29 is 19.1 Å². The molecule has 1 aromatic rings. The molecular weight excluding hydrogens is 298 g/mol. The molecule has 0 unspecified atom stereocenters. The molecule has 7 nitrogen and oxygen atoms in total. The van der Waals surface area contributed by atoms with E-state index in [1.54, 1.807) is 6.07 Å². The van der Waals surface area contributed by atoms with Gasteiger partial charge in [0.25, 0.3) is 5.91 Å². The summed E-state index contributed by atoms with van der Waals surface area (Å²) >= 11 is 5.89. The molecule has 8 heteroatoms. The van der Waals surface area contributed by atoms with Gasteiger partial charge in [-0.15, -0.1) is 0 Å². The Morgan fingerprint density at radius 1 is 1.38 bits per heavy atom. The number of benzene rings is 1. The summed E-state index contributed by atoms with van der Waals surface area (Å²) < 4.78 is 4.60. The lowest BCUT2D eigenvalue weighted by Gasteiger charge is -2.12. The smallest absolute Gasteiger partial charge is 0.339 e. The first kappa shape index (κ1) is 15.0. The van der Waals surface area contributed by atoms with Crippen molar-refractivity contribution in [3.63, 3.8) is 0 Å². The molecule has 1 aliphatic rings. The van der Waals surface area contributed by atoms with Gasteiger partial charge in [0.05, 0.1) is 17.7 Å². The van der Waals surface area contributed by atoms with Crippen LogP contribution in [0.1, 0.15) is 23.2 Å². The van der Waals surface area contributed by atoms with Crippen LogP contribution in [0.15, 0.2) is 23.3 Å². The Labute approximate surface area is 125 Å². The zero-order valence-electron chi connectivity index (χ0n) is 11.1. The van der Waals surface area contributed by atoms with Gasteiger partial charge in [-0.2, -0.15) is 5.10 Å². The molecule has 1 aliphatic heterocycles. The van der Waals surface area contributed by atoms with Gasteiger partial charge in [0, 0.05) is 18.5 Å². The van der Waals surface area contributed by atoms with Gasteiger partial charge in [0.2, 0.25) is 5.91 Å². The average molecular weight is 310 g/mol. The van der Waals surface area contributed by atoms with Gasteiger partial charge in [-0.25, -0.2) is 10.2 Å². The third kappa shape index (κ3) is 3.57. The maximum absolute atomic E-state index is 12.0. The van der Waals surface area contributed by atoms with Crippen molar-refractivity contribution >= 4 is 40.8 Å². The molecule has 110 valence electrons. The highest BCUT2D eigenvalue weighted by molar-refractivity contribution is 6.43. The van der Waals surface area contributed by atoms with E-state index in [1.165, 1.54) is 19.2 Å². The van der Waals surface area contributed by atoms with Crippen molar-refractivity contribution in [2.45, 2.75) is 12.8 Å². The lowest BCUT2D eigenvalue weighted by molar-refractivity contribution is -0.121. The minimum Gasteiger partial charge on any atom is -0.465 e. The van der Waals surface area contributed by atoms with E-state index in [2.05, 4.69) is 20.6 Å². The number of methoxy groups -OCH3 is 1. The van der Waals surface area contributed by atoms with E-state index in [4.69, 9.17) is 11.6 Å². The number of nitrogens with zero attached hydrogens (tertiary/aromatic N) is 1. The number of ether oxygens (including phenoxy) is 1. The van der Waals surface area contributed by atoms with Crippen LogP contribution in [-0.2, 0) is 14.3 Å². The Kier molecular flexibility index (Phi) is 4.54. The number of carbonyl (C=O) groups is 3. The predicted molar refractivity (Wildman–Crippen MR) is 76.2 cm³/mol. The van der Waals surface area contributed by atoms with Gasteiger partial charge >= 0.3 is 5.97 Å². The lowest BCUT2D eigenvalue weighted by atomic mass is 10.1. The zero-order valence-corrected chi connectivity index (χ0v) is 11.9. The van der Waals surface area contributed by atoms with Gasteiger partial charge in [-0.3, -0.25) is 9.59 Å². The van der Waals surface area contributed by atoms with Gasteiger partial charge in [0.1, 0.15) is 5.71 Å². The summed E-state index contributed by atoms with van der Waals surface area (Å²) in [6.45, 7) is 0. The number of amides is 2. The second-order valence-corrected chi connectivity index (χ2v) is 4.64. The molecule has 0 fully saturated rings. The Morgan fingerprint density at radius 2 is 2.14 bits per heavy atom. The van der Waals surface area contributed by atoms with Gasteiger partial charge in [0.15, 0.2) is 0 Å². The number of rotatable bonds is 3. The Morgan fingerprint density at radius 3 is 2.76 bits per heavy atom. The molecule has 0 spiro atoms. The molecule has 1 heterocycles. The second-order valence-electron chi connectivity index (χ2n) is 4.23. The van der Waals surface area contributed by atoms with E-state index in [0.29, 0.717) is 5.69 Å². The molecular formula is C13H12ClN3O4. The van der Waals surface area contributed by atoms with Crippen LogP contribution in [0.4, 0.5) is 5.69 Å². The van der Waals surface area contributed by atoms with Crippen LogP contribution >= 0.6 is 11.6 Å². The summed E-state index contributed by atoms with van der Waals surface area (Å²) in [7, 11) is 1.24. The molecule has 0 saturated carbocycles. The van der Waals surface area contributed by atoms with E-state index in [1.807, 2.05) is 0 Å². The summed E-state index contributed by atoms with van der Waals surface area (Å²) in [4.78, 5) is 34.5. The summed E-state index contributed by atoms with van der Waals surface area (Å²) in [5.74, 6) is -1.28. The number of hydrogen-bond acceptors (Lipinski definition) is 5. The number of anilines is 1. The summed E-state index contributed by atoms with van der Waals surface area (Å²) in [6, 6.07) is 4.44. The van der Waals surface area contributed by atoms with Crippen LogP contribution < -0.4 is 10.7 Å². The molecule has 0 saturated heterocycles. The molecule has 2 N–H and O–H groups in total. The number of carbonyl (C=O) groups excluding carboxylic acids is 3. The first-order valence-corrected chi connectivity index (χ1v) is 6.43. The number of hydrogen-bond donors (Lipinski definition) is 2. The van der Waals surface area contributed by atoms with Crippen molar-refractivity contribution in [2.24, 2.45) is 5.10 Å². The third-order valence-corrected chi connectivity index (χ3v) is 3.13. The Hall–Kier alpha value is -2.41. The molecule has 21 heavy (non-hydrogen) atoms. The molecule has 0 atom stereocenters. The van der Waals surface area contributed by atoms with Crippen molar-refractivity contribution in [2.75, 3.05) is 12.4 Å². The van der Waals surface area contributed by atoms with Crippen LogP contribution in [0.2, 0.25) is 5.02 Å². The van der Waals surface area contributed by atoms with Gasteiger partial charge in [-0.05, 0) is 18.2 Å². The number of hydrazone groups is 1. The highest BCUT2D eigenvalue weighted by atomic mass is 35.5. The maximum atomic E-state index is 12.0.